The number of aromatic nitrogens is 2. The predicted molar refractivity (Wildman–Crippen MR) is 71.5 cm³/mol. The van der Waals surface area contributed by atoms with E-state index in [0.29, 0.717) is 0 Å². The quantitative estimate of drug-likeness (QED) is 0.348. The molecule has 0 saturated carbocycles. The number of aliphatic carboxylic acids is 2. The zero-order valence-electron chi connectivity index (χ0n) is 11.7. The second-order valence-electron chi connectivity index (χ2n) is 4.42. The molecule has 0 bridgehead atoms. The van der Waals surface area contributed by atoms with Crippen LogP contribution in [0.4, 0.5) is 0 Å². The van der Waals surface area contributed by atoms with Crippen molar-refractivity contribution >= 4 is 11.9 Å². The normalized spacial score (nSPS) is 13.2. The molecule has 0 spiro atoms. The van der Waals surface area contributed by atoms with Crippen molar-refractivity contribution in [3.05, 3.63) is 24.3 Å². The third-order valence-corrected chi connectivity index (χ3v) is 2.79. The zero-order chi connectivity index (χ0) is 18.0. The third-order valence-electron chi connectivity index (χ3n) is 2.79. The molecule has 0 radical (unpaired) electrons. The molecule has 0 fully saturated rings. The molecule has 0 aliphatic carbocycles. The summed E-state index contributed by atoms with van der Waals surface area (Å²) >= 11 is 0. The van der Waals surface area contributed by atoms with Crippen LogP contribution < -0.4 is 9.68 Å². The second-order valence-corrected chi connectivity index (χ2v) is 4.42. The minimum Gasteiger partial charge on any atom is -0.492 e. The smallest absolute Gasteiger partial charge is 0.352 e. The molecule has 2 rings (SSSR count). The monoisotopic (exact) mass is 344 g/mol. The Hall–Kier alpha value is -3.70. The molecule has 0 amide bonds. The van der Waals surface area contributed by atoms with Gasteiger partial charge in [-0.1, -0.05) is 0 Å². The second kappa shape index (κ2) is 6.20. The SMILES string of the molecule is O=C(O)[C@H](On1c(O)ccc1O)[C@@H](On1c(O)ccc1O)C(=O)O. The minimum absolute atomic E-state index is 0.271. The number of carboxylic acids is 2. The lowest BCUT2D eigenvalue weighted by atomic mass is 10.2. The Morgan fingerprint density at radius 2 is 0.958 bits per heavy atom. The third kappa shape index (κ3) is 3.06. The lowest BCUT2D eigenvalue weighted by Gasteiger charge is -2.23. The van der Waals surface area contributed by atoms with Gasteiger partial charge in [0.1, 0.15) is 0 Å². The van der Waals surface area contributed by atoms with Crippen LogP contribution in [0.1, 0.15) is 0 Å². The number of carbonyl (C=O) groups is 2. The van der Waals surface area contributed by atoms with Crippen LogP contribution in [0.5, 0.6) is 23.5 Å². The molecule has 2 atom stereocenters. The molecule has 6 N–H and O–H groups in total. The Morgan fingerprint density at radius 3 is 1.17 bits per heavy atom. The minimum atomic E-state index is -2.27. The molecule has 2 aromatic rings. The van der Waals surface area contributed by atoms with Gasteiger partial charge in [0, 0.05) is 24.3 Å². The summed E-state index contributed by atoms with van der Waals surface area (Å²) in [5.74, 6) is -6.43. The van der Waals surface area contributed by atoms with Gasteiger partial charge in [-0.2, -0.15) is 0 Å². The van der Waals surface area contributed by atoms with Gasteiger partial charge in [-0.05, 0) is 0 Å². The van der Waals surface area contributed by atoms with Crippen molar-refractivity contribution in [1.82, 2.24) is 9.46 Å². The van der Waals surface area contributed by atoms with E-state index in [0.717, 1.165) is 24.3 Å². The Labute approximate surface area is 132 Å². The van der Waals surface area contributed by atoms with Crippen LogP contribution in [-0.4, -0.2) is 64.2 Å². The highest BCUT2D eigenvalue weighted by Crippen LogP contribution is 2.22. The van der Waals surface area contributed by atoms with Gasteiger partial charge < -0.3 is 40.3 Å². The number of hydrogen-bond acceptors (Lipinski definition) is 8. The molecule has 2 aromatic heterocycles. The zero-order valence-corrected chi connectivity index (χ0v) is 11.7. The van der Waals surface area contributed by atoms with Gasteiger partial charge in [-0.3, -0.25) is 0 Å². The number of nitrogens with zero attached hydrogens (tertiary/aromatic N) is 2. The Morgan fingerprint density at radius 1 is 0.708 bits per heavy atom. The van der Waals surface area contributed by atoms with Crippen molar-refractivity contribution in [2.75, 3.05) is 0 Å². The van der Waals surface area contributed by atoms with Crippen LogP contribution in [0.3, 0.4) is 0 Å². The summed E-state index contributed by atoms with van der Waals surface area (Å²) in [5.41, 5.74) is 0. The highest BCUT2D eigenvalue weighted by molar-refractivity contribution is 5.83. The fourth-order valence-corrected chi connectivity index (χ4v) is 1.71. The fourth-order valence-electron chi connectivity index (χ4n) is 1.71. The van der Waals surface area contributed by atoms with E-state index in [1.165, 1.54) is 0 Å². The average molecular weight is 344 g/mol. The summed E-state index contributed by atoms with van der Waals surface area (Å²) in [7, 11) is 0. The van der Waals surface area contributed by atoms with Crippen molar-refractivity contribution in [1.29, 1.82) is 0 Å². The first-order valence-electron chi connectivity index (χ1n) is 6.21. The molecular formula is C12H12N2O10. The van der Waals surface area contributed by atoms with Crippen LogP contribution in [0.2, 0.25) is 0 Å². The first-order valence-corrected chi connectivity index (χ1v) is 6.21. The van der Waals surface area contributed by atoms with E-state index in [-0.39, 0.29) is 9.46 Å². The lowest BCUT2D eigenvalue weighted by molar-refractivity contribution is -0.179. The predicted octanol–water partition coefficient (Wildman–Crippen LogP) is -1.42. The molecule has 12 heteroatoms. The van der Waals surface area contributed by atoms with Crippen molar-refractivity contribution in [2.24, 2.45) is 0 Å². The van der Waals surface area contributed by atoms with Gasteiger partial charge in [-0.15, -0.1) is 9.46 Å². The summed E-state index contributed by atoms with van der Waals surface area (Å²) in [6, 6.07) is 3.87. The standard InChI is InChI=1S/C12H12N2O10/c15-5-1-2-6(16)13(5)23-9(11(19)20)10(12(21)22)24-14-7(17)3-4-8(14)18/h1-4,9-10,15-18H,(H,19,20)(H,21,22)/t9-,10-/m1/s1. The number of rotatable bonds is 7. The first-order chi connectivity index (χ1) is 11.2. The molecular weight excluding hydrogens is 332 g/mol. The van der Waals surface area contributed by atoms with Gasteiger partial charge >= 0.3 is 11.9 Å². The summed E-state index contributed by atoms with van der Waals surface area (Å²) < 4.78 is 0.543. The summed E-state index contributed by atoms with van der Waals surface area (Å²) in [6.07, 6.45) is -4.54. The average Bonchev–Trinajstić information content (AvgIpc) is 2.98. The summed E-state index contributed by atoms with van der Waals surface area (Å²) in [6.45, 7) is 0. The Bertz CT molecular complexity index is 661. The first kappa shape index (κ1) is 16.7. The van der Waals surface area contributed by atoms with E-state index in [1.54, 1.807) is 0 Å². The number of carboxylic acid groups (broad SMARTS) is 2. The van der Waals surface area contributed by atoms with Crippen LogP contribution in [-0.2, 0) is 9.59 Å². The van der Waals surface area contributed by atoms with Crippen molar-refractivity contribution < 1.29 is 49.9 Å². The maximum Gasteiger partial charge on any atom is 0.352 e. The molecule has 0 aliphatic rings. The van der Waals surface area contributed by atoms with Gasteiger partial charge in [0.15, 0.2) is 0 Å². The van der Waals surface area contributed by atoms with Crippen molar-refractivity contribution in [3.8, 4) is 23.5 Å². The van der Waals surface area contributed by atoms with E-state index < -0.39 is 47.7 Å². The van der Waals surface area contributed by atoms with Crippen LogP contribution in [0, 0.1) is 0 Å². The van der Waals surface area contributed by atoms with E-state index in [9.17, 15) is 30.0 Å². The van der Waals surface area contributed by atoms with Gasteiger partial charge in [0.05, 0.1) is 0 Å². The highest BCUT2D eigenvalue weighted by Gasteiger charge is 2.41. The molecule has 0 unspecified atom stereocenters. The molecule has 12 nitrogen and oxygen atoms in total. The van der Waals surface area contributed by atoms with Crippen LogP contribution in [0.25, 0.3) is 0 Å². The molecule has 0 aromatic carbocycles. The largest absolute Gasteiger partial charge is 0.492 e. The van der Waals surface area contributed by atoms with Gasteiger partial charge in [0.25, 0.3) is 12.2 Å². The molecule has 0 saturated heterocycles. The Kier molecular flexibility index (Phi) is 4.30. The molecule has 2 heterocycles. The van der Waals surface area contributed by atoms with Crippen molar-refractivity contribution in [2.45, 2.75) is 12.2 Å². The maximum atomic E-state index is 11.3. The van der Waals surface area contributed by atoms with Crippen molar-refractivity contribution in [3.63, 3.8) is 0 Å². The van der Waals surface area contributed by atoms with Crippen LogP contribution in [0.15, 0.2) is 24.3 Å². The topological polar surface area (TPSA) is 184 Å². The van der Waals surface area contributed by atoms with E-state index in [2.05, 4.69) is 0 Å². The number of hydrogen-bond donors (Lipinski definition) is 6. The maximum absolute atomic E-state index is 11.3. The lowest BCUT2D eigenvalue weighted by Crippen LogP contribution is -2.51. The Balaban J connectivity index is 2.34. The number of aromatic hydroxyl groups is 4. The molecule has 0 aliphatic heterocycles. The fraction of sp³-hybridized carbons (Fsp3) is 0.167. The summed E-state index contributed by atoms with van der Waals surface area (Å²) in [4.78, 5) is 32.2. The van der Waals surface area contributed by atoms with E-state index >= 15 is 0 Å². The van der Waals surface area contributed by atoms with Gasteiger partial charge in [0.2, 0.25) is 23.5 Å². The molecule has 24 heavy (non-hydrogen) atoms. The highest BCUT2D eigenvalue weighted by atomic mass is 16.7. The van der Waals surface area contributed by atoms with Crippen LogP contribution >= 0.6 is 0 Å². The van der Waals surface area contributed by atoms with E-state index in [4.69, 9.17) is 19.9 Å². The summed E-state index contributed by atoms with van der Waals surface area (Å²) in [5, 5.41) is 56.1. The van der Waals surface area contributed by atoms with Gasteiger partial charge in [-0.25, -0.2) is 9.59 Å². The van der Waals surface area contributed by atoms with E-state index in [1.807, 2.05) is 0 Å². The molecule has 130 valence electrons.